The van der Waals surface area contributed by atoms with Gasteiger partial charge in [-0.15, -0.1) is 0 Å². The molecule has 0 saturated heterocycles. The molecule has 0 aliphatic carbocycles. The fourth-order valence-electron chi connectivity index (χ4n) is 4.23. The van der Waals surface area contributed by atoms with Crippen molar-refractivity contribution in [1.82, 2.24) is 19.5 Å². The third-order valence-electron chi connectivity index (χ3n) is 6.35. The average Bonchev–Trinajstić information content (AvgIpc) is 3.31. The summed E-state index contributed by atoms with van der Waals surface area (Å²) in [5, 5.41) is 15.1. The largest absolute Gasteiger partial charge is 0.378 e. The van der Waals surface area contributed by atoms with Gasteiger partial charge in [-0.05, 0) is 66.7 Å². The van der Waals surface area contributed by atoms with Crippen LogP contribution in [-0.2, 0) is 18.4 Å². The Morgan fingerprint density at radius 3 is 2.45 bits per heavy atom. The standard InChI is InChI=1S/C30H26N8O2/c1-37-25-13-10-22(18-24(25)35-28(37)20-34-23-11-8-21(19-31)9-12-23)30(40)38(27-7-3-5-16-33-27)17-14-29(39)36-26-6-2-4-15-32-26/h2-13,15-16,18,34H,14,17,20H2,1H3,(H,32,36,39). The van der Waals surface area contributed by atoms with Crippen LogP contribution in [0, 0.1) is 11.3 Å². The molecule has 2 N–H and O–H groups in total. The van der Waals surface area contributed by atoms with Crippen LogP contribution in [0.3, 0.4) is 0 Å². The number of imidazole rings is 1. The van der Waals surface area contributed by atoms with E-state index in [9.17, 15) is 9.59 Å². The van der Waals surface area contributed by atoms with E-state index < -0.39 is 0 Å². The first-order chi connectivity index (χ1) is 19.5. The van der Waals surface area contributed by atoms with Crippen molar-refractivity contribution < 1.29 is 9.59 Å². The van der Waals surface area contributed by atoms with Crippen molar-refractivity contribution >= 4 is 40.2 Å². The number of hydrogen-bond acceptors (Lipinski definition) is 7. The molecule has 40 heavy (non-hydrogen) atoms. The number of benzene rings is 2. The van der Waals surface area contributed by atoms with Crippen LogP contribution in [-0.4, -0.2) is 37.9 Å². The van der Waals surface area contributed by atoms with E-state index in [2.05, 4.69) is 26.7 Å². The number of amides is 2. The SMILES string of the molecule is Cn1c(CNc2ccc(C#N)cc2)nc2cc(C(=O)N(CCC(=O)Nc3ccccn3)c3ccccn3)ccc21. The van der Waals surface area contributed by atoms with Gasteiger partial charge in [0.25, 0.3) is 5.91 Å². The van der Waals surface area contributed by atoms with Crippen molar-refractivity contribution in [3.63, 3.8) is 0 Å². The van der Waals surface area contributed by atoms with E-state index in [0.717, 1.165) is 17.0 Å². The van der Waals surface area contributed by atoms with Gasteiger partial charge in [0, 0.05) is 43.7 Å². The zero-order valence-electron chi connectivity index (χ0n) is 21.8. The molecule has 0 unspecified atom stereocenters. The van der Waals surface area contributed by atoms with Crippen LogP contribution in [0.4, 0.5) is 17.3 Å². The van der Waals surface area contributed by atoms with Gasteiger partial charge in [0.15, 0.2) is 0 Å². The Bertz CT molecular complexity index is 1680. The maximum atomic E-state index is 13.7. The lowest BCUT2D eigenvalue weighted by Crippen LogP contribution is -2.34. The third-order valence-corrected chi connectivity index (χ3v) is 6.35. The minimum Gasteiger partial charge on any atom is -0.378 e. The maximum absolute atomic E-state index is 13.7. The van der Waals surface area contributed by atoms with Gasteiger partial charge < -0.3 is 15.2 Å². The van der Waals surface area contributed by atoms with E-state index in [1.54, 1.807) is 73.1 Å². The van der Waals surface area contributed by atoms with Gasteiger partial charge in [0.2, 0.25) is 5.91 Å². The lowest BCUT2D eigenvalue weighted by atomic mass is 10.1. The van der Waals surface area contributed by atoms with Gasteiger partial charge in [-0.2, -0.15) is 5.26 Å². The molecule has 0 radical (unpaired) electrons. The monoisotopic (exact) mass is 530 g/mol. The minimum absolute atomic E-state index is 0.0654. The van der Waals surface area contributed by atoms with Crippen LogP contribution in [0.5, 0.6) is 0 Å². The second-order valence-electron chi connectivity index (χ2n) is 8.99. The first-order valence-electron chi connectivity index (χ1n) is 12.6. The van der Waals surface area contributed by atoms with E-state index in [-0.39, 0.29) is 24.8 Å². The summed E-state index contributed by atoms with van der Waals surface area (Å²) in [5.74, 6) is 1.15. The maximum Gasteiger partial charge on any atom is 0.259 e. The van der Waals surface area contributed by atoms with Crippen molar-refractivity contribution in [3.05, 3.63) is 108 Å². The van der Waals surface area contributed by atoms with Gasteiger partial charge in [0.05, 0.1) is 29.2 Å². The van der Waals surface area contributed by atoms with Crippen molar-refractivity contribution in [1.29, 1.82) is 5.26 Å². The van der Waals surface area contributed by atoms with Crippen molar-refractivity contribution in [2.45, 2.75) is 13.0 Å². The number of carbonyl (C=O) groups excluding carboxylic acids is 2. The highest BCUT2D eigenvalue weighted by atomic mass is 16.2. The minimum atomic E-state index is -0.283. The van der Waals surface area contributed by atoms with E-state index in [1.807, 2.05) is 29.8 Å². The third kappa shape index (κ3) is 5.95. The Morgan fingerprint density at radius 1 is 0.975 bits per heavy atom. The molecule has 0 spiro atoms. The second-order valence-corrected chi connectivity index (χ2v) is 8.99. The zero-order chi connectivity index (χ0) is 27.9. The van der Waals surface area contributed by atoms with Gasteiger partial charge in [-0.3, -0.25) is 14.5 Å². The first kappa shape index (κ1) is 26.1. The molecule has 198 valence electrons. The summed E-state index contributed by atoms with van der Waals surface area (Å²) in [4.78, 5) is 41.0. The van der Waals surface area contributed by atoms with E-state index >= 15 is 0 Å². The number of rotatable bonds is 9. The molecule has 0 fully saturated rings. The van der Waals surface area contributed by atoms with Crippen LogP contribution >= 0.6 is 0 Å². The average molecular weight is 531 g/mol. The molecule has 0 bridgehead atoms. The fraction of sp³-hybridized carbons (Fsp3) is 0.133. The molecule has 0 aliphatic rings. The molecule has 5 aromatic rings. The highest BCUT2D eigenvalue weighted by molar-refractivity contribution is 6.07. The number of pyridine rings is 2. The summed E-state index contributed by atoms with van der Waals surface area (Å²) in [6.07, 6.45) is 3.27. The van der Waals surface area contributed by atoms with Crippen LogP contribution in [0.25, 0.3) is 11.0 Å². The highest BCUT2D eigenvalue weighted by Crippen LogP contribution is 2.21. The summed E-state index contributed by atoms with van der Waals surface area (Å²) in [7, 11) is 1.92. The Morgan fingerprint density at radius 2 is 1.75 bits per heavy atom. The number of aromatic nitrogens is 4. The molecule has 0 saturated carbocycles. The van der Waals surface area contributed by atoms with Gasteiger partial charge in [-0.25, -0.2) is 15.0 Å². The van der Waals surface area contributed by atoms with Crippen molar-refractivity contribution in [3.8, 4) is 6.07 Å². The number of fused-ring (bicyclic) bond motifs is 1. The van der Waals surface area contributed by atoms with Crippen LogP contribution in [0.2, 0.25) is 0 Å². The Kier molecular flexibility index (Phi) is 7.74. The summed E-state index contributed by atoms with van der Waals surface area (Å²) in [6, 6.07) is 25.3. The smallest absolute Gasteiger partial charge is 0.259 e. The molecule has 10 heteroatoms. The van der Waals surface area contributed by atoms with E-state index in [1.165, 1.54) is 4.90 Å². The van der Waals surface area contributed by atoms with Gasteiger partial charge in [-0.1, -0.05) is 12.1 Å². The molecule has 5 rings (SSSR count). The van der Waals surface area contributed by atoms with Gasteiger partial charge in [0.1, 0.15) is 17.5 Å². The number of hydrogen-bond donors (Lipinski definition) is 2. The molecule has 0 atom stereocenters. The predicted molar refractivity (Wildman–Crippen MR) is 153 cm³/mol. The highest BCUT2D eigenvalue weighted by Gasteiger charge is 2.21. The molecular weight excluding hydrogens is 504 g/mol. The Balaban J connectivity index is 1.33. The number of nitrogens with one attached hydrogen (secondary N) is 2. The lowest BCUT2D eigenvalue weighted by Gasteiger charge is -2.21. The van der Waals surface area contributed by atoms with Crippen LogP contribution in [0.1, 0.15) is 28.2 Å². The van der Waals surface area contributed by atoms with E-state index in [4.69, 9.17) is 10.2 Å². The normalized spacial score (nSPS) is 10.6. The predicted octanol–water partition coefficient (Wildman–Crippen LogP) is 4.52. The van der Waals surface area contributed by atoms with E-state index in [0.29, 0.717) is 34.8 Å². The number of anilines is 3. The molecule has 2 aromatic carbocycles. The second kappa shape index (κ2) is 11.9. The molecule has 3 heterocycles. The number of aryl methyl sites for hydroxylation is 1. The molecular formula is C30H26N8O2. The van der Waals surface area contributed by atoms with Gasteiger partial charge >= 0.3 is 0 Å². The number of carbonyl (C=O) groups is 2. The lowest BCUT2D eigenvalue weighted by molar-refractivity contribution is -0.116. The topological polar surface area (TPSA) is 129 Å². The number of nitrogens with zero attached hydrogens (tertiary/aromatic N) is 6. The zero-order valence-corrected chi connectivity index (χ0v) is 21.8. The summed E-state index contributed by atoms with van der Waals surface area (Å²) < 4.78 is 1.97. The summed E-state index contributed by atoms with van der Waals surface area (Å²) in [5.41, 5.74) is 3.47. The molecule has 2 amide bonds. The molecule has 10 nitrogen and oxygen atoms in total. The molecule has 3 aromatic heterocycles. The first-order valence-corrected chi connectivity index (χ1v) is 12.6. The van der Waals surface area contributed by atoms with Crippen LogP contribution < -0.4 is 15.5 Å². The quantitative estimate of drug-likeness (QED) is 0.287. The molecule has 0 aliphatic heterocycles. The number of nitriles is 1. The summed E-state index contributed by atoms with van der Waals surface area (Å²) >= 11 is 0. The van der Waals surface area contributed by atoms with Crippen LogP contribution in [0.15, 0.2) is 91.3 Å². The summed E-state index contributed by atoms with van der Waals surface area (Å²) in [6.45, 7) is 0.598. The Labute approximate surface area is 230 Å². The fourth-order valence-corrected chi connectivity index (χ4v) is 4.23. The Hall–Kier alpha value is -5.56. The van der Waals surface area contributed by atoms with Crippen molar-refractivity contribution in [2.75, 3.05) is 22.1 Å². The van der Waals surface area contributed by atoms with Crippen molar-refractivity contribution in [2.24, 2.45) is 7.05 Å².